The molecule has 0 radical (unpaired) electrons. The van der Waals surface area contributed by atoms with Crippen LogP contribution in [0.3, 0.4) is 0 Å². The van der Waals surface area contributed by atoms with E-state index in [2.05, 4.69) is 21.2 Å². The van der Waals surface area contributed by atoms with Crippen molar-refractivity contribution in [2.24, 2.45) is 0 Å². The highest BCUT2D eigenvalue weighted by Crippen LogP contribution is 2.33. The summed E-state index contributed by atoms with van der Waals surface area (Å²) in [7, 11) is 0. The first-order valence-corrected chi connectivity index (χ1v) is 7.26. The fourth-order valence-electron chi connectivity index (χ4n) is 2.06. The molecule has 6 heteroatoms. The van der Waals surface area contributed by atoms with Crippen molar-refractivity contribution in [3.63, 3.8) is 0 Å². The number of amides is 2. The highest BCUT2D eigenvalue weighted by Gasteiger charge is 2.30. The number of benzene rings is 1. The number of anilines is 1. The Hall–Kier alpha value is -1.07. The second kappa shape index (κ2) is 5.92. The van der Waals surface area contributed by atoms with Gasteiger partial charge >= 0.3 is 0 Å². The van der Waals surface area contributed by atoms with Gasteiger partial charge in [0, 0.05) is 13.0 Å². The molecule has 1 unspecified atom stereocenters. The quantitative estimate of drug-likeness (QED) is 0.896. The van der Waals surface area contributed by atoms with E-state index in [1.165, 1.54) is 0 Å². The first-order valence-electron chi connectivity index (χ1n) is 6.09. The summed E-state index contributed by atoms with van der Waals surface area (Å²) in [4.78, 5) is 25.6. The Morgan fingerprint density at radius 1 is 1.47 bits per heavy atom. The molecule has 0 aliphatic carbocycles. The lowest BCUT2D eigenvalue weighted by Gasteiger charge is -2.24. The van der Waals surface area contributed by atoms with E-state index in [1.807, 2.05) is 13.0 Å². The summed E-state index contributed by atoms with van der Waals surface area (Å²) in [6.45, 7) is 2.24. The van der Waals surface area contributed by atoms with Crippen LogP contribution in [0, 0.1) is 0 Å². The number of halogens is 2. The second-order valence-electron chi connectivity index (χ2n) is 4.34. The van der Waals surface area contributed by atoms with Crippen molar-refractivity contribution in [2.75, 3.05) is 11.4 Å². The molecule has 2 amide bonds. The molecule has 1 fully saturated rings. The smallest absolute Gasteiger partial charge is 0.249 e. The summed E-state index contributed by atoms with van der Waals surface area (Å²) in [5.74, 6) is -0.197. The largest absolute Gasteiger partial charge is 0.344 e. The summed E-state index contributed by atoms with van der Waals surface area (Å²) in [6.07, 6.45) is 0.862. The molecule has 0 bridgehead atoms. The van der Waals surface area contributed by atoms with Gasteiger partial charge in [-0.15, -0.1) is 0 Å². The van der Waals surface area contributed by atoms with Crippen LogP contribution in [0.5, 0.6) is 0 Å². The molecule has 1 atom stereocenters. The summed E-state index contributed by atoms with van der Waals surface area (Å²) < 4.78 is 0.675. The van der Waals surface area contributed by atoms with E-state index in [0.717, 1.165) is 0 Å². The SMILES string of the molecule is CCC1NC(=O)CCN(c2cccc(Cl)c2Br)C1=O. The van der Waals surface area contributed by atoms with Crippen LogP contribution in [0.2, 0.25) is 5.02 Å². The zero-order valence-electron chi connectivity index (χ0n) is 10.5. The number of rotatable bonds is 2. The van der Waals surface area contributed by atoms with Crippen molar-refractivity contribution >= 4 is 45.0 Å². The first kappa shape index (κ1) is 14.3. The van der Waals surface area contributed by atoms with Crippen molar-refractivity contribution in [3.8, 4) is 0 Å². The van der Waals surface area contributed by atoms with Crippen molar-refractivity contribution in [1.82, 2.24) is 5.32 Å². The molecule has 19 heavy (non-hydrogen) atoms. The molecule has 1 aromatic carbocycles. The summed E-state index contributed by atoms with van der Waals surface area (Å²) in [5, 5.41) is 3.28. The molecule has 0 aromatic heterocycles. The second-order valence-corrected chi connectivity index (χ2v) is 5.54. The third kappa shape index (κ3) is 2.92. The zero-order chi connectivity index (χ0) is 14.0. The number of nitrogens with zero attached hydrogens (tertiary/aromatic N) is 1. The number of hydrogen-bond donors (Lipinski definition) is 1. The number of carbonyl (C=O) groups excluding carboxylic acids is 2. The predicted molar refractivity (Wildman–Crippen MR) is 78.3 cm³/mol. The van der Waals surface area contributed by atoms with Crippen LogP contribution in [0.25, 0.3) is 0 Å². The third-order valence-electron chi connectivity index (χ3n) is 3.09. The lowest BCUT2D eigenvalue weighted by Crippen LogP contribution is -2.44. The summed E-state index contributed by atoms with van der Waals surface area (Å²) in [6, 6.07) is 4.88. The molecular formula is C13H14BrClN2O2. The standard InChI is InChI=1S/C13H14BrClN2O2/c1-2-9-13(19)17(7-6-11(18)16-9)10-5-3-4-8(15)12(10)14/h3-5,9H,2,6-7H2,1H3,(H,16,18). The third-order valence-corrected chi connectivity index (χ3v) is 4.47. The molecule has 102 valence electrons. The highest BCUT2D eigenvalue weighted by molar-refractivity contribution is 9.10. The van der Waals surface area contributed by atoms with Crippen LogP contribution < -0.4 is 10.2 Å². The van der Waals surface area contributed by atoms with E-state index in [0.29, 0.717) is 34.6 Å². The number of carbonyl (C=O) groups is 2. The van der Waals surface area contributed by atoms with Gasteiger partial charge in [-0.2, -0.15) is 0 Å². The molecular weight excluding hydrogens is 332 g/mol. The van der Waals surface area contributed by atoms with Crippen molar-refractivity contribution in [2.45, 2.75) is 25.8 Å². The summed E-state index contributed by atoms with van der Waals surface area (Å²) >= 11 is 9.45. The van der Waals surface area contributed by atoms with E-state index in [1.54, 1.807) is 17.0 Å². The lowest BCUT2D eigenvalue weighted by molar-refractivity contribution is -0.125. The van der Waals surface area contributed by atoms with E-state index in [-0.39, 0.29) is 11.8 Å². The van der Waals surface area contributed by atoms with E-state index in [4.69, 9.17) is 11.6 Å². The lowest BCUT2D eigenvalue weighted by atomic mass is 10.2. The van der Waals surface area contributed by atoms with Gasteiger partial charge in [0.15, 0.2) is 0 Å². The van der Waals surface area contributed by atoms with Gasteiger partial charge in [-0.05, 0) is 34.5 Å². The molecule has 1 aromatic rings. The van der Waals surface area contributed by atoms with Crippen LogP contribution in [0.1, 0.15) is 19.8 Å². The van der Waals surface area contributed by atoms with Gasteiger partial charge in [0.1, 0.15) is 6.04 Å². The number of hydrogen-bond acceptors (Lipinski definition) is 2. The number of nitrogens with one attached hydrogen (secondary N) is 1. The van der Waals surface area contributed by atoms with Crippen LogP contribution in [-0.4, -0.2) is 24.4 Å². The molecule has 0 saturated carbocycles. The Kier molecular flexibility index (Phi) is 4.47. The molecule has 4 nitrogen and oxygen atoms in total. The van der Waals surface area contributed by atoms with Crippen molar-refractivity contribution < 1.29 is 9.59 Å². The van der Waals surface area contributed by atoms with Crippen LogP contribution in [-0.2, 0) is 9.59 Å². The molecule has 1 N–H and O–H groups in total. The highest BCUT2D eigenvalue weighted by atomic mass is 79.9. The Labute approximate surface area is 125 Å². The molecule has 1 saturated heterocycles. The Balaban J connectivity index is 2.39. The zero-order valence-corrected chi connectivity index (χ0v) is 12.8. The average Bonchev–Trinajstić information content (AvgIpc) is 2.53. The Bertz CT molecular complexity index is 521. The monoisotopic (exact) mass is 344 g/mol. The first-order chi connectivity index (χ1) is 9.04. The minimum absolute atomic E-state index is 0.0964. The molecule has 2 rings (SSSR count). The van der Waals surface area contributed by atoms with Gasteiger partial charge in [-0.25, -0.2) is 0 Å². The topological polar surface area (TPSA) is 49.4 Å². The van der Waals surface area contributed by atoms with Crippen LogP contribution >= 0.6 is 27.5 Å². The van der Waals surface area contributed by atoms with Crippen LogP contribution in [0.15, 0.2) is 22.7 Å². The van der Waals surface area contributed by atoms with Gasteiger partial charge in [-0.3, -0.25) is 9.59 Å². The van der Waals surface area contributed by atoms with Crippen molar-refractivity contribution in [1.29, 1.82) is 0 Å². The van der Waals surface area contributed by atoms with Gasteiger partial charge in [0.25, 0.3) is 0 Å². The van der Waals surface area contributed by atoms with Gasteiger partial charge in [-0.1, -0.05) is 24.6 Å². The maximum atomic E-state index is 12.4. The van der Waals surface area contributed by atoms with Crippen molar-refractivity contribution in [3.05, 3.63) is 27.7 Å². The van der Waals surface area contributed by atoms with Gasteiger partial charge in [0.05, 0.1) is 15.2 Å². The Morgan fingerprint density at radius 3 is 2.89 bits per heavy atom. The molecule has 1 aliphatic rings. The van der Waals surface area contributed by atoms with Gasteiger partial charge < -0.3 is 10.2 Å². The van der Waals surface area contributed by atoms with Gasteiger partial charge in [0.2, 0.25) is 11.8 Å². The average molecular weight is 346 g/mol. The maximum Gasteiger partial charge on any atom is 0.249 e. The minimum Gasteiger partial charge on any atom is -0.344 e. The predicted octanol–water partition coefficient (Wildman–Crippen LogP) is 2.73. The van der Waals surface area contributed by atoms with E-state index >= 15 is 0 Å². The molecule has 1 heterocycles. The van der Waals surface area contributed by atoms with Crippen LogP contribution in [0.4, 0.5) is 5.69 Å². The maximum absolute atomic E-state index is 12.4. The van der Waals surface area contributed by atoms with E-state index < -0.39 is 6.04 Å². The molecule has 1 aliphatic heterocycles. The van der Waals surface area contributed by atoms with E-state index in [9.17, 15) is 9.59 Å². The fraction of sp³-hybridized carbons (Fsp3) is 0.385. The Morgan fingerprint density at radius 2 is 2.21 bits per heavy atom. The molecule has 0 spiro atoms. The normalized spacial score (nSPS) is 20.2. The summed E-state index contributed by atoms with van der Waals surface area (Å²) in [5.41, 5.74) is 0.701. The minimum atomic E-state index is -0.471. The fourth-order valence-corrected chi connectivity index (χ4v) is 2.70.